The van der Waals surface area contributed by atoms with Gasteiger partial charge in [-0.25, -0.2) is 0 Å². The van der Waals surface area contributed by atoms with Crippen molar-refractivity contribution in [1.29, 1.82) is 0 Å². The average molecular weight is 377 g/mol. The maximum Gasteiger partial charge on any atom is 0.238 e. The maximum atomic E-state index is 12.3. The van der Waals surface area contributed by atoms with Gasteiger partial charge in [-0.1, -0.05) is 23.7 Å². The number of carbonyl (C=O) groups excluding carboxylic acids is 2. The number of hydrogen-bond donors (Lipinski definition) is 2. The van der Waals surface area contributed by atoms with E-state index in [-0.39, 0.29) is 18.2 Å². The molecule has 5 nitrogen and oxygen atoms in total. The summed E-state index contributed by atoms with van der Waals surface area (Å²) in [5.74, 6) is -0.400. The van der Waals surface area contributed by atoms with Crippen LogP contribution in [0.4, 0.5) is 11.4 Å². The van der Waals surface area contributed by atoms with E-state index >= 15 is 0 Å². The lowest BCUT2D eigenvalue weighted by molar-refractivity contribution is -0.120. The fourth-order valence-electron chi connectivity index (χ4n) is 2.54. The summed E-state index contributed by atoms with van der Waals surface area (Å²) in [5, 5.41) is 5.72. The van der Waals surface area contributed by atoms with Gasteiger partial charge in [0.15, 0.2) is 0 Å². The minimum absolute atomic E-state index is 0.0903. The highest BCUT2D eigenvalue weighted by molar-refractivity contribution is 8.01. The first-order valence-electron chi connectivity index (χ1n) is 7.70. The minimum atomic E-state index is -0.476. The average Bonchev–Trinajstić information content (AvgIpc) is 2.56. The Morgan fingerprint density at radius 1 is 1.32 bits per heavy atom. The molecule has 1 aliphatic heterocycles. The number of methoxy groups -OCH3 is 1. The molecule has 0 aromatic heterocycles. The van der Waals surface area contributed by atoms with Crippen molar-refractivity contribution in [3.05, 3.63) is 53.1 Å². The molecular formula is C18H17ClN2O3S. The van der Waals surface area contributed by atoms with E-state index in [9.17, 15) is 9.59 Å². The molecule has 25 heavy (non-hydrogen) atoms. The standard InChI is InChI=1S/C18H17ClN2O3S/c1-24-10-11-3-2-4-13(7-11)20-17(22)9-16-18(23)21-14-8-12(19)5-6-15(14)25-16/h2-8,16H,9-10H2,1H3,(H,20,22)(H,21,23). The van der Waals surface area contributed by atoms with Gasteiger partial charge in [0.25, 0.3) is 0 Å². The van der Waals surface area contributed by atoms with E-state index in [2.05, 4.69) is 10.6 Å². The summed E-state index contributed by atoms with van der Waals surface area (Å²) in [6.07, 6.45) is 0.0903. The van der Waals surface area contributed by atoms with E-state index in [1.165, 1.54) is 11.8 Å². The summed E-state index contributed by atoms with van der Waals surface area (Å²) >= 11 is 7.31. The molecule has 2 aromatic carbocycles. The normalized spacial score (nSPS) is 16.1. The van der Waals surface area contributed by atoms with Crippen LogP contribution in [-0.4, -0.2) is 24.2 Å². The van der Waals surface area contributed by atoms with Crippen LogP contribution >= 0.6 is 23.4 Å². The zero-order valence-corrected chi connectivity index (χ0v) is 15.1. The van der Waals surface area contributed by atoms with E-state index < -0.39 is 5.25 Å². The molecule has 0 saturated heterocycles. The summed E-state index contributed by atoms with van der Waals surface area (Å²) in [7, 11) is 1.62. The Kier molecular flexibility index (Phi) is 5.63. The molecule has 2 N–H and O–H groups in total. The van der Waals surface area contributed by atoms with Crippen molar-refractivity contribution in [3.63, 3.8) is 0 Å². The fourth-order valence-corrected chi connectivity index (χ4v) is 3.81. The number of anilines is 2. The first-order valence-corrected chi connectivity index (χ1v) is 8.96. The predicted molar refractivity (Wildman–Crippen MR) is 100 cm³/mol. The Labute approximate surface area is 155 Å². The molecule has 3 rings (SSSR count). The molecule has 1 aliphatic rings. The van der Waals surface area contributed by atoms with Crippen LogP contribution in [0.1, 0.15) is 12.0 Å². The molecule has 2 aromatic rings. The highest BCUT2D eigenvalue weighted by atomic mass is 35.5. The second-order valence-electron chi connectivity index (χ2n) is 5.62. The van der Waals surface area contributed by atoms with Crippen LogP contribution in [-0.2, 0) is 20.9 Å². The molecule has 0 aliphatic carbocycles. The third-order valence-electron chi connectivity index (χ3n) is 3.65. The predicted octanol–water partition coefficient (Wildman–Crippen LogP) is 3.93. The van der Waals surface area contributed by atoms with Crippen molar-refractivity contribution in [3.8, 4) is 0 Å². The molecule has 130 valence electrons. The summed E-state index contributed by atoms with van der Waals surface area (Å²) in [5.41, 5.74) is 2.34. The van der Waals surface area contributed by atoms with Crippen LogP contribution in [0.3, 0.4) is 0 Å². The van der Waals surface area contributed by atoms with Gasteiger partial charge >= 0.3 is 0 Å². The topological polar surface area (TPSA) is 67.4 Å². The van der Waals surface area contributed by atoms with Gasteiger partial charge in [-0.05, 0) is 35.9 Å². The molecule has 1 heterocycles. The molecule has 0 bridgehead atoms. The number of hydrogen-bond acceptors (Lipinski definition) is 4. The number of benzene rings is 2. The van der Waals surface area contributed by atoms with Gasteiger partial charge in [0.1, 0.15) is 0 Å². The second-order valence-corrected chi connectivity index (χ2v) is 7.30. The van der Waals surface area contributed by atoms with Gasteiger partial charge in [0.05, 0.1) is 17.5 Å². The number of rotatable bonds is 5. The van der Waals surface area contributed by atoms with Crippen LogP contribution in [0.2, 0.25) is 5.02 Å². The first-order chi connectivity index (χ1) is 12.0. The lowest BCUT2D eigenvalue weighted by Crippen LogP contribution is -2.32. The molecular weight excluding hydrogens is 360 g/mol. The van der Waals surface area contributed by atoms with Crippen molar-refractivity contribution in [2.45, 2.75) is 23.2 Å². The van der Waals surface area contributed by atoms with Gasteiger partial charge in [-0.15, -0.1) is 11.8 Å². The zero-order valence-electron chi connectivity index (χ0n) is 13.5. The van der Waals surface area contributed by atoms with Crippen molar-refractivity contribution >= 4 is 46.6 Å². The van der Waals surface area contributed by atoms with Crippen molar-refractivity contribution in [2.75, 3.05) is 17.7 Å². The molecule has 1 atom stereocenters. The Bertz CT molecular complexity index is 813. The van der Waals surface area contributed by atoms with Gasteiger partial charge < -0.3 is 15.4 Å². The number of amides is 2. The number of nitrogens with one attached hydrogen (secondary N) is 2. The second kappa shape index (κ2) is 7.91. The van der Waals surface area contributed by atoms with E-state index in [4.69, 9.17) is 16.3 Å². The molecule has 0 spiro atoms. The van der Waals surface area contributed by atoms with Gasteiger partial charge in [-0.2, -0.15) is 0 Å². The number of thioether (sulfide) groups is 1. The number of fused-ring (bicyclic) bond motifs is 1. The third-order valence-corrected chi connectivity index (χ3v) is 5.16. The quantitative estimate of drug-likeness (QED) is 0.829. The Morgan fingerprint density at radius 3 is 2.96 bits per heavy atom. The van der Waals surface area contributed by atoms with Gasteiger partial charge in [-0.3, -0.25) is 9.59 Å². The third kappa shape index (κ3) is 4.54. The van der Waals surface area contributed by atoms with Crippen LogP contribution in [0.5, 0.6) is 0 Å². The van der Waals surface area contributed by atoms with E-state index in [0.29, 0.717) is 23.0 Å². The van der Waals surface area contributed by atoms with Crippen LogP contribution in [0, 0.1) is 0 Å². The zero-order chi connectivity index (χ0) is 17.8. The molecule has 2 amide bonds. The van der Waals surface area contributed by atoms with Gasteiger partial charge in [0, 0.05) is 29.1 Å². The Hall–Kier alpha value is -2.02. The molecule has 0 radical (unpaired) electrons. The van der Waals surface area contributed by atoms with E-state index in [1.807, 2.05) is 30.3 Å². The fraction of sp³-hybridized carbons (Fsp3) is 0.222. The smallest absolute Gasteiger partial charge is 0.238 e. The van der Waals surface area contributed by atoms with Crippen LogP contribution < -0.4 is 10.6 Å². The van der Waals surface area contributed by atoms with Crippen molar-refractivity contribution < 1.29 is 14.3 Å². The summed E-state index contributed by atoms with van der Waals surface area (Å²) in [6.45, 7) is 0.476. The number of carbonyl (C=O) groups is 2. The lowest BCUT2D eigenvalue weighted by Gasteiger charge is -2.23. The molecule has 1 unspecified atom stereocenters. The van der Waals surface area contributed by atoms with E-state index in [1.54, 1.807) is 19.2 Å². The van der Waals surface area contributed by atoms with E-state index in [0.717, 1.165) is 10.5 Å². The SMILES string of the molecule is COCc1cccc(NC(=O)CC2Sc3ccc(Cl)cc3NC2=O)c1. The lowest BCUT2D eigenvalue weighted by atomic mass is 10.2. The van der Waals surface area contributed by atoms with Crippen molar-refractivity contribution in [1.82, 2.24) is 0 Å². The van der Waals surface area contributed by atoms with Crippen LogP contribution in [0.15, 0.2) is 47.4 Å². The highest BCUT2D eigenvalue weighted by Crippen LogP contribution is 2.38. The summed E-state index contributed by atoms with van der Waals surface area (Å²) in [4.78, 5) is 25.4. The summed E-state index contributed by atoms with van der Waals surface area (Å²) < 4.78 is 5.09. The first kappa shape index (κ1) is 17.8. The van der Waals surface area contributed by atoms with Gasteiger partial charge in [0.2, 0.25) is 11.8 Å². The highest BCUT2D eigenvalue weighted by Gasteiger charge is 2.29. The monoisotopic (exact) mass is 376 g/mol. The molecule has 0 fully saturated rings. The largest absolute Gasteiger partial charge is 0.380 e. The van der Waals surface area contributed by atoms with Crippen LogP contribution in [0.25, 0.3) is 0 Å². The minimum Gasteiger partial charge on any atom is -0.380 e. The number of halogens is 1. The Morgan fingerprint density at radius 2 is 2.16 bits per heavy atom. The van der Waals surface area contributed by atoms with Crippen molar-refractivity contribution in [2.24, 2.45) is 0 Å². The molecule has 7 heteroatoms. The molecule has 0 saturated carbocycles. The maximum absolute atomic E-state index is 12.3. The Balaban J connectivity index is 1.64. The number of ether oxygens (including phenoxy) is 1. The summed E-state index contributed by atoms with van der Waals surface area (Å²) in [6, 6.07) is 12.8.